The predicted octanol–water partition coefficient (Wildman–Crippen LogP) is 4.12. The van der Waals surface area contributed by atoms with Gasteiger partial charge in [0.25, 0.3) is 0 Å². The molecular weight excluding hydrogens is 319 g/mol. The fraction of sp³-hybridized carbons (Fsp3) is 0.550. The van der Waals surface area contributed by atoms with Crippen molar-refractivity contribution in [1.82, 2.24) is 9.80 Å². The molecule has 1 aliphatic rings. The third kappa shape index (κ3) is 5.30. The molecule has 138 valence electrons. The Balaban J connectivity index is 2.14. The number of carbonyl (C=O) groups is 1. The molecule has 0 spiro atoms. The van der Waals surface area contributed by atoms with E-state index >= 15 is 0 Å². The van der Waals surface area contributed by atoms with Crippen LogP contribution in [0.3, 0.4) is 0 Å². The summed E-state index contributed by atoms with van der Waals surface area (Å²) in [6.07, 6.45) is 2.32. The zero-order valence-corrected chi connectivity index (χ0v) is 15.6. The summed E-state index contributed by atoms with van der Waals surface area (Å²) in [6, 6.07) is 6.98. The number of halogens is 1. The number of benzene rings is 1. The molecule has 0 aliphatic carbocycles. The lowest BCUT2D eigenvalue weighted by atomic mass is 9.78. The van der Waals surface area contributed by atoms with E-state index in [1.54, 1.807) is 0 Å². The minimum Gasteiger partial charge on any atom is -0.465 e. The van der Waals surface area contributed by atoms with Crippen LogP contribution >= 0.6 is 0 Å². The first-order valence-corrected chi connectivity index (χ1v) is 8.82. The van der Waals surface area contributed by atoms with Crippen molar-refractivity contribution in [2.24, 2.45) is 0 Å². The lowest BCUT2D eigenvalue weighted by Crippen LogP contribution is -2.52. The van der Waals surface area contributed by atoms with Gasteiger partial charge in [0.2, 0.25) is 0 Å². The molecule has 1 aliphatic heterocycles. The molecule has 5 heteroatoms. The Labute approximate surface area is 149 Å². The van der Waals surface area contributed by atoms with Gasteiger partial charge in [0.05, 0.1) is 0 Å². The molecular formula is C20H29FN2O2. The van der Waals surface area contributed by atoms with Crippen molar-refractivity contribution < 1.29 is 14.3 Å². The van der Waals surface area contributed by atoms with Gasteiger partial charge in [-0.25, -0.2) is 9.18 Å². The molecule has 1 unspecified atom stereocenters. The Morgan fingerprint density at radius 1 is 1.20 bits per heavy atom. The first-order chi connectivity index (χ1) is 11.7. The minimum atomic E-state index is -0.843. The fourth-order valence-electron chi connectivity index (χ4n) is 3.46. The summed E-state index contributed by atoms with van der Waals surface area (Å²) in [5.41, 5.74) is 2.26. The van der Waals surface area contributed by atoms with Gasteiger partial charge >= 0.3 is 6.09 Å². The minimum absolute atomic E-state index is 0.103. The zero-order chi connectivity index (χ0) is 18.6. The quantitative estimate of drug-likeness (QED) is 0.814. The van der Waals surface area contributed by atoms with E-state index in [4.69, 9.17) is 5.11 Å². The summed E-state index contributed by atoms with van der Waals surface area (Å²) in [4.78, 5) is 14.9. The van der Waals surface area contributed by atoms with Crippen LogP contribution in [0.5, 0.6) is 0 Å². The van der Waals surface area contributed by atoms with Crippen LogP contribution in [-0.4, -0.2) is 53.2 Å². The summed E-state index contributed by atoms with van der Waals surface area (Å²) in [5, 5.41) is 9.13. The highest BCUT2D eigenvalue weighted by Crippen LogP contribution is 2.31. The molecule has 2 rings (SSSR count). The van der Waals surface area contributed by atoms with Crippen LogP contribution in [0.2, 0.25) is 0 Å². The SMILES string of the molecule is CC(C)=CC(CC(C)(C)c1ccc(F)cc1)N1CCN(C(=O)O)CC1. The largest absolute Gasteiger partial charge is 0.465 e. The van der Waals surface area contributed by atoms with E-state index in [2.05, 4.69) is 38.7 Å². The van der Waals surface area contributed by atoms with Gasteiger partial charge < -0.3 is 10.0 Å². The van der Waals surface area contributed by atoms with E-state index in [1.807, 2.05) is 12.1 Å². The molecule has 0 aromatic heterocycles. The Morgan fingerprint density at radius 3 is 2.24 bits per heavy atom. The first kappa shape index (κ1) is 19.4. The van der Waals surface area contributed by atoms with Gasteiger partial charge in [-0.1, -0.05) is 37.6 Å². The third-order valence-corrected chi connectivity index (χ3v) is 4.92. The molecule has 1 atom stereocenters. The van der Waals surface area contributed by atoms with Crippen molar-refractivity contribution in [3.8, 4) is 0 Å². The first-order valence-electron chi connectivity index (χ1n) is 8.82. The van der Waals surface area contributed by atoms with Crippen molar-refractivity contribution in [2.45, 2.75) is 45.6 Å². The Hall–Kier alpha value is -1.88. The summed E-state index contributed by atoms with van der Waals surface area (Å²) < 4.78 is 13.2. The smallest absolute Gasteiger partial charge is 0.407 e. The Bertz CT molecular complexity index is 613. The standard InChI is InChI=1S/C20H29FN2O2/c1-15(2)13-18(22-9-11-23(12-10-22)19(24)25)14-20(3,4)16-5-7-17(21)8-6-16/h5-8,13,18H,9-12,14H2,1-4H3,(H,24,25). The second-order valence-electron chi connectivity index (χ2n) is 7.71. The molecule has 0 bridgehead atoms. The van der Waals surface area contributed by atoms with Crippen LogP contribution in [0.1, 0.15) is 39.7 Å². The van der Waals surface area contributed by atoms with Gasteiger partial charge in [0.15, 0.2) is 0 Å². The molecule has 1 N–H and O–H groups in total. The number of hydrogen-bond donors (Lipinski definition) is 1. The van der Waals surface area contributed by atoms with Gasteiger partial charge in [-0.2, -0.15) is 0 Å². The molecule has 4 nitrogen and oxygen atoms in total. The molecule has 1 heterocycles. The van der Waals surface area contributed by atoms with Gasteiger partial charge in [-0.3, -0.25) is 4.90 Å². The fourth-order valence-corrected chi connectivity index (χ4v) is 3.46. The van der Waals surface area contributed by atoms with Crippen LogP contribution in [0.25, 0.3) is 0 Å². The van der Waals surface area contributed by atoms with Crippen LogP contribution < -0.4 is 0 Å². The highest BCUT2D eigenvalue weighted by Gasteiger charge is 2.30. The molecule has 1 aromatic carbocycles. The van der Waals surface area contributed by atoms with E-state index in [0.717, 1.165) is 25.1 Å². The molecule has 0 radical (unpaired) electrons. The van der Waals surface area contributed by atoms with E-state index in [-0.39, 0.29) is 17.3 Å². The van der Waals surface area contributed by atoms with Crippen LogP contribution in [0, 0.1) is 5.82 Å². The monoisotopic (exact) mass is 348 g/mol. The summed E-state index contributed by atoms with van der Waals surface area (Å²) >= 11 is 0. The third-order valence-electron chi connectivity index (χ3n) is 4.92. The highest BCUT2D eigenvalue weighted by atomic mass is 19.1. The summed E-state index contributed by atoms with van der Waals surface area (Å²) in [7, 11) is 0. The Morgan fingerprint density at radius 2 is 1.76 bits per heavy atom. The van der Waals surface area contributed by atoms with E-state index in [1.165, 1.54) is 22.6 Å². The molecule has 25 heavy (non-hydrogen) atoms. The number of amides is 1. The predicted molar refractivity (Wildman–Crippen MR) is 98.4 cm³/mol. The maximum Gasteiger partial charge on any atom is 0.407 e. The van der Waals surface area contributed by atoms with Gasteiger partial charge in [-0.15, -0.1) is 0 Å². The van der Waals surface area contributed by atoms with Crippen molar-refractivity contribution in [1.29, 1.82) is 0 Å². The van der Waals surface area contributed by atoms with Crippen molar-refractivity contribution in [3.63, 3.8) is 0 Å². The van der Waals surface area contributed by atoms with Crippen LogP contribution in [-0.2, 0) is 5.41 Å². The average molecular weight is 348 g/mol. The lowest BCUT2D eigenvalue weighted by Gasteiger charge is -2.40. The van der Waals surface area contributed by atoms with Crippen LogP contribution in [0.4, 0.5) is 9.18 Å². The van der Waals surface area contributed by atoms with Crippen molar-refractivity contribution in [3.05, 3.63) is 47.3 Å². The second kappa shape index (κ2) is 8.00. The number of rotatable bonds is 5. The van der Waals surface area contributed by atoms with E-state index in [9.17, 15) is 9.18 Å². The van der Waals surface area contributed by atoms with Gasteiger partial charge in [0.1, 0.15) is 5.82 Å². The van der Waals surface area contributed by atoms with E-state index in [0.29, 0.717) is 13.1 Å². The molecule has 1 aromatic rings. The summed E-state index contributed by atoms with van der Waals surface area (Å²) in [6.45, 7) is 11.1. The maximum absolute atomic E-state index is 13.2. The van der Waals surface area contributed by atoms with Gasteiger partial charge in [0, 0.05) is 32.2 Å². The zero-order valence-electron chi connectivity index (χ0n) is 15.6. The number of allylic oxidation sites excluding steroid dienone is 1. The lowest BCUT2D eigenvalue weighted by molar-refractivity contribution is 0.0881. The topological polar surface area (TPSA) is 43.8 Å². The second-order valence-corrected chi connectivity index (χ2v) is 7.71. The van der Waals surface area contributed by atoms with Crippen LogP contribution in [0.15, 0.2) is 35.9 Å². The molecule has 1 fully saturated rings. The number of piperazine rings is 1. The summed E-state index contributed by atoms with van der Waals surface area (Å²) in [5.74, 6) is -0.217. The molecule has 1 saturated heterocycles. The van der Waals surface area contributed by atoms with E-state index < -0.39 is 6.09 Å². The normalized spacial score (nSPS) is 17.2. The Kier molecular flexibility index (Phi) is 6.22. The van der Waals surface area contributed by atoms with Crippen molar-refractivity contribution in [2.75, 3.05) is 26.2 Å². The average Bonchev–Trinajstić information content (AvgIpc) is 2.54. The molecule has 0 saturated carbocycles. The number of nitrogens with zero attached hydrogens (tertiary/aromatic N) is 2. The maximum atomic E-state index is 13.2. The number of carboxylic acid groups (broad SMARTS) is 1. The van der Waals surface area contributed by atoms with Gasteiger partial charge in [-0.05, 0) is 43.4 Å². The number of hydrogen-bond acceptors (Lipinski definition) is 2. The van der Waals surface area contributed by atoms with Crippen molar-refractivity contribution >= 4 is 6.09 Å². The highest BCUT2D eigenvalue weighted by molar-refractivity contribution is 5.65. The molecule has 1 amide bonds.